The van der Waals surface area contributed by atoms with Gasteiger partial charge in [-0.2, -0.15) is 0 Å². The van der Waals surface area contributed by atoms with Crippen LogP contribution in [0.25, 0.3) is 60.8 Å². The van der Waals surface area contributed by atoms with E-state index in [1.807, 2.05) is 12.2 Å². The van der Waals surface area contributed by atoms with E-state index < -0.39 is 0 Å². The normalized spacial score (nSPS) is 11.6. The maximum absolute atomic E-state index is 6.70. The lowest BCUT2D eigenvalue weighted by Crippen LogP contribution is -2.03. The summed E-state index contributed by atoms with van der Waals surface area (Å²) in [6, 6.07) is 34.3. The van der Waals surface area contributed by atoms with E-state index in [9.17, 15) is 0 Å². The number of hydrogen-bond acceptors (Lipinski definition) is 4. The largest absolute Gasteiger partial charge is 0.493 e. The van der Waals surface area contributed by atoms with Gasteiger partial charge in [-0.1, -0.05) is 285 Å². The first kappa shape index (κ1) is 62.6. The highest BCUT2D eigenvalue weighted by Crippen LogP contribution is 2.35. The van der Waals surface area contributed by atoms with Gasteiger partial charge in [0.05, 0.1) is 26.4 Å². The minimum atomic E-state index is 0.674. The molecule has 0 spiro atoms. The van der Waals surface area contributed by atoms with E-state index in [2.05, 4.69) is 187 Å². The predicted octanol–water partition coefficient (Wildman–Crippen LogP) is 22.6. The standard InChI is InChI=1S/C74H98O4/c1-7-13-17-21-25-29-50-75-71-59-69(73(77-52-31-27-23-19-15-9-3)57-67(71)46-42-63-38-33-36-61(11-5)54-63)48-44-65-40-35-41-66(56-65)45-49-70-60-72(76-51-30-26-22-18-14-8-2)68(47-43-64-39-34-37-62(12-6)55-64)58-74(70)78-53-32-28-24-20-16-10-4/h11-12,33-49,54-60H,5-10,13-32,50-53H2,1-4H3/b46-42+,47-43+,48-44+,49-45+. The third-order valence-corrected chi connectivity index (χ3v) is 14.3. The van der Waals surface area contributed by atoms with Crippen LogP contribution in [-0.4, -0.2) is 26.4 Å². The van der Waals surface area contributed by atoms with Gasteiger partial charge in [0.15, 0.2) is 0 Å². The molecule has 0 atom stereocenters. The highest BCUT2D eigenvalue weighted by molar-refractivity contribution is 5.82. The molecule has 4 heteroatoms. The summed E-state index contributed by atoms with van der Waals surface area (Å²) < 4.78 is 26.7. The van der Waals surface area contributed by atoms with E-state index in [0.29, 0.717) is 26.4 Å². The Morgan fingerprint density at radius 3 is 0.731 bits per heavy atom. The van der Waals surface area contributed by atoms with Gasteiger partial charge in [0.1, 0.15) is 23.0 Å². The first-order valence-electron chi connectivity index (χ1n) is 30.6. The molecule has 4 nitrogen and oxygen atoms in total. The summed E-state index contributed by atoms with van der Waals surface area (Å²) in [6.07, 6.45) is 50.3. The number of unbranched alkanes of at least 4 members (excludes halogenated alkanes) is 20. The lowest BCUT2D eigenvalue weighted by molar-refractivity contribution is 0.295. The number of rotatable bonds is 42. The molecule has 5 aromatic rings. The van der Waals surface area contributed by atoms with E-state index in [-0.39, 0.29) is 0 Å². The smallest absolute Gasteiger partial charge is 0.127 e. The topological polar surface area (TPSA) is 36.9 Å². The highest BCUT2D eigenvalue weighted by atomic mass is 16.5. The molecule has 78 heavy (non-hydrogen) atoms. The van der Waals surface area contributed by atoms with Crippen molar-refractivity contribution in [2.24, 2.45) is 0 Å². The molecule has 0 heterocycles. The molecule has 0 aliphatic rings. The lowest BCUT2D eigenvalue weighted by atomic mass is 10.0. The Hall–Kier alpha value is -6.26. The van der Waals surface area contributed by atoms with Gasteiger partial charge in [-0.3, -0.25) is 0 Å². The summed E-state index contributed by atoms with van der Waals surface area (Å²) >= 11 is 0. The molecule has 5 rings (SSSR count). The zero-order valence-corrected chi connectivity index (χ0v) is 48.9. The summed E-state index contributed by atoms with van der Waals surface area (Å²) in [7, 11) is 0. The molecule has 5 aromatic carbocycles. The molecule has 0 fully saturated rings. The van der Waals surface area contributed by atoms with Gasteiger partial charge >= 0.3 is 0 Å². The van der Waals surface area contributed by atoms with Gasteiger partial charge in [-0.05, 0) is 102 Å². The molecule has 0 saturated carbocycles. The van der Waals surface area contributed by atoms with Crippen LogP contribution in [0.15, 0.2) is 110 Å². The van der Waals surface area contributed by atoms with Gasteiger partial charge in [0.25, 0.3) is 0 Å². The Labute approximate surface area is 474 Å². The van der Waals surface area contributed by atoms with Gasteiger partial charge in [0.2, 0.25) is 0 Å². The van der Waals surface area contributed by atoms with Crippen molar-refractivity contribution in [2.75, 3.05) is 26.4 Å². The van der Waals surface area contributed by atoms with Crippen molar-refractivity contribution >= 4 is 60.8 Å². The van der Waals surface area contributed by atoms with E-state index in [1.165, 1.54) is 128 Å². The Kier molecular flexibility index (Phi) is 31.4. The Balaban J connectivity index is 1.47. The van der Waals surface area contributed by atoms with Crippen LogP contribution in [0.4, 0.5) is 0 Å². The second-order valence-corrected chi connectivity index (χ2v) is 21.1. The molecular weight excluding hydrogens is 953 g/mol. The van der Waals surface area contributed by atoms with E-state index in [1.54, 1.807) is 0 Å². The molecule has 0 radical (unpaired) electrons. The second-order valence-electron chi connectivity index (χ2n) is 21.1. The average Bonchev–Trinajstić information content (AvgIpc) is 3.47. The van der Waals surface area contributed by atoms with Gasteiger partial charge in [-0.25, -0.2) is 0 Å². The molecule has 0 N–H and O–H groups in total. The Morgan fingerprint density at radius 2 is 0.487 bits per heavy atom. The first-order valence-corrected chi connectivity index (χ1v) is 30.6. The fraction of sp³-hybridized carbons (Fsp3) is 0.432. The molecule has 0 aromatic heterocycles. The second kappa shape index (κ2) is 39.2. The highest BCUT2D eigenvalue weighted by Gasteiger charge is 2.13. The monoisotopic (exact) mass is 1050 g/mol. The van der Waals surface area contributed by atoms with Gasteiger partial charge < -0.3 is 18.9 Å². The third kappa shape index (κ3) is 24.6. The van der Waals surface area contributed by atoms with Gasteiger partial charge in [0, 0.05) is 22.3 Å². The van der Waals surface area contributed by atoms with Crippen LogP contribution >= 0.6 is 0 Å². The number of benzene rings is 5. The molecular formula is C74H98O4. The van der Waals surface area contributed by atoms with Gasteiger partial charge in [-0.15, -0.1) is 0 Å². The van der Waals surface area contributed by atoms with E-state index >= 15 is 0 Å². The minimum Gasteiger partial charge on any atom is -0.493 e. The summed E-state index contributed by atoms with van der Waals surface area (Å²) in [6.45, 7) is 19.8. The fourth-order valence-electron chi connectivity index (χ4n) is 9.55. The summed E-state index contributed by atoms with van der Waals surface area (Å²) in [5.41, 5.74) is 10.7. The van der Waals surface area contributed by atoms with Crippen molar-refractivity contribution in [3.8, 4) is 23.0 Å². The maximum Gasteiger partial charge on any atom is 0.127 e. The quantitative estimate of drug-likeness (QED) is 0.0288. The van der Waals surface area contributed by atoms with Crippen LogP contribution in [0.2, 0.25) is 0 Å². The van der Waals surface area contributed by atoms with Crippen molar-refractivity contribution in [1.29, 1.82) is 0 Å². The summed E-state index contributed by atoms with van der Waals surface area (Å²) in [5, 5.41) is 0. The minimum absolute atomic E-state index is 0.674. The van der Waals surface area contributed by atoms with Crippen LogP contribution in [0.1, 0.15) is 237 Å². The molecule has 0 aliphatic heterocycles. The number of hydrogen-bond donors (Lipinski definition) is 0. The lowest BCUT2D eigenvalue weighted by Gasteiger charge is -2.16. The van der Waals surface area contributed by atoms with E-state index in [0.717, 1.165) is 104 Å². The first-order chi connectivity index (χ1) is 38.5. The van der Waals surface area contributed by atoms with E-state index in [4.69, 9.17) is 18.9 Å². The zero-order valence-electron chi connectivity index (χ0n) is 48.9. The predicted molar refractivity (Wildman–Crippen MR) is 344 cm³/mol. The molecule has 0 saturated heterocycles. The molecule has 0 unspecified atom stereocenters. The Bertz CT molecular complexity index is 2420. The van der Waals surface area contributed by atoms with Crippen LogP contribution < -0.4 is 18.9 Å². The molecule has 0 amide bonds. The van der Waals surface area contributed by atoms with Crippen molar-refractivity contribution in [3.05, 3.63) is 166 Å². The van der Waals surface area contributed by atoms with Crippen LogP contribution in [-0.2, 0) is 0 Å². The zero-order chi connectivity index (χ0) is 55.1. The fourth-order valence-corrected chi connectivity index (χ4v) is 9.55. The third-order valence-electron chi connectivity index (χ3n) is 14.3. The SMILES string of the molecule is C=Cc1cccc(/C=C/c2cc(OCCCCCCCC)c(/C=C/c3cccc(/C=C/c4cc(OCCCCCCCC)c(/C=C/c5cccc(C=C)c5)cc4OCCCCCCCC)c3)cc2OCCCCCCCC)c1. The van der Waals surface area contributed by atoms with Crippen LogP contribution in [0, 0.1) is 0 Å². The van der Waals surface area contributed by atoms with Crippen LogP contribution in [0.3, 0.4) is 0 Å². The van der Waals surface area contributed by atoms with Crippen molar-refractivity contribution in [2.45, 2.75) is 182 Å². The number of ether oxygens (including phenoxy) is 4. The molecule has 418 valence electrons. The summed E-state index contributed by atoms with van der Waals surface area (Å²) in [4.78, 5) is 0. The maximum atomic E-state index is 6.70. The van der Waals surface area contributed by atoms with Crippen molar-refractivity contribution < 1.29 is 18.9 Å². The average molecular weight is 1050 g/mol. The molecule has 0 bridgehead atoms. The van der Waals surface area contributed by atoms with Crippen molar-refractivity contribution in [3.63, 3.8) is 0 Å². The van der Waals surface area contributed by atoms with Crippen LogP contribution in [0.5, 0.6) is 23.0 Å². The molecule has 0 aliphatic carbocycles. The Morgan fingerprint density at radius 1 is 0.269 bits per heavy atom. The summed E-state index contributed by atoms with van der Waals surface area (Å²) in [5.74, 6) is 3.48. The van der Waals surface area contributed by atoms with Crippen molar-refractivity contribution in [1.82, 2.24) is 0 Å².